The Labute approximate surface area is 155 Å². The van der Waals surface area contributed by atoms with E-state index in [0.717, 1.165) is 4.57 Å². The molecule has 1 atom stereocenters. The maximum Gasteiger partial charge on any atom is 0.320 e. The number of hydrogen-bond donors (Lipinski definition) is 1. The molecule has 27 heavy (non-hydrogen) atoms. The summed E-state index contributed by atoms with van der Waals surface area (Å²) in [5, 5.41) is 8.90. The van der Waals surface area contributed by atoms with Crippen LogP contribution in [-0.2, 0) is 10.0 Å². The van der Waals surface area contributed by atoms with Gasteiger partial charge in [0.1, 0.15) is 5.82 Å². The van der Waals surface area contributed by atoms with E-state index in [2.05, 4.69) is 9.71 Å². The van der Waals surface area contributed by atoms with Gasteiger partial charge in [0.2, 0.25) is 10.0 Å². The molecular weight excluding hydrogens is 374 g/mol. The second kappa shape index (κ2) is 7.42. The molecule has 140 valence electrons. The number of rotatable bonds is 6. The van der Waals surface area contributed by atoms with Crippen molar-refractivity contribution in [2.45, 2.75) is 24.3 Å². The summed E-state index contributed by atoms with van der Waals surface area (Å²) < 4.78 is 55.1. The molecule has 0 aliphatic heterocycles. The molecule has 6 nitrogen and oxygen atoms in total. The Kier molecular flexibility index (Phi) is 5.21. The number of sulfonamides is 1. The van der Waals surface area contributed by atoms with Gasteiger partial charge in [-0.2, -0.15) is 14.0 Å². The number of imidazole rings is 1. The highest BCUT2D eigenvalue weighted by Crippen LogP contribution is 2.27. The summed E-state index contributed by atoms with van der Waals surface area (Å²) in [5.74, 6) is -0.500. The van der Waals surface area contributed by atoms with E-state index in [-0.39, 0.29) is 22.8 Å². The van der Waals surface area contributed by atoms with Crippen LogP contribution in [0.3, 0.4) is 0 Å². The van der Waals surface area contributed by atoms with Gasteiger partial charge >= 0.3 is 6.55 Å². The quantitative estimate of drug-likeness (QED) is 0.699. The molecule has 9 heteroatoms. The van der Waals surface area contributed by atoms with Gasteiger partial charge in [-0.25, -0.2) is 18.1 Å². The van der Waals surface area contributed by atoms with E-state index >= 15 is 0 Å². The van der Waals surface area contributed by atoms with Crippen LogP contribution in [0, 0.1) is 11.3 Å². The first kappa shape index (κ1) is 18.9. The van der Waals surface area contributed by atoms with Crippen molar-refractivity contribution >= 4 is 21.1 Å². The Bertz CT molecular complexity index is 1120. The number of benzene rings is 2. The van der Waals surface area contributed by atoms with Crippen LogP contribution in [0.25, 0.3) is 11.0 Å². The Morgan fingerprint density at radius 2 is 1.96 bits per heavy atom. The number of alkyl halides is 2. The first-order valence-corrected chi connectivity index (χ1v) is 9.56. The van der Waals surface area contributed by atoms with Crippen molar-refractivity contribution in [3.63, 3.8) is 0 Å². The molecule has 0 saturated carbocycles. The molecule has 1 aromatic heterocycles. The molecule has 0 aliphatic carbocycles. The Balaban J connectivity index is 1.86. The second-order valence-electron chi connectivity index (χ2n) is 6.00. The van der Waals surface area contributed by atoms with E-state index in [1.807, 2.05) is 6.07 Å². The van der Waals surface area contributed by atoms with E-state index in [1.165, 1.54) is 24.3 Å². The minimum atomic E-state index is -3.88. The fourth-order valence-corrected chi connectivity index (χ4v) is 3.93. The molecule has 0 spiro atoms. The van der Waals surface area contributed by atoms with Crippen LogP contribution in [0.1, 0.15) is 30.8 Å². The first-order chi connectivity index (χ1) is 12.8. The summed E-state index contributed by atoms with van der Waals surface area (Å²) in [4.78, 5) is 4.18. The lowest BCUT2D eigenvalue weighted by Gasteiger charge is -2.15. The number of halogens is 2. The first-order valence-electron chi connectivity index (χ1n) is 8.08. The third-order valence-electron chi connectivity index (χ3n) is 4.11. The molecule has 0 fully saturated rings. The van der Waals surface area contributed by atoms with E-state index in [4.69, 9.17) is 5.26 Å². The molecule has 2 aromatic carbocycles. The number of hydrogen-bond acceptors (Lipinski definition) is 4. The van der Waals surface area contributed by atoms with Crippen LogP contribution in [0.5, 0.6) is 0 Å². The number of nitrogens with zero attached hydrogens (tertiary/aromatic N) is 3. The molecule has 0 amide bonds. The molecule has 0 bridgehead atoms. The summed E-state index contributed by atoms with van der Waals surface area (Å²) in [6.07, 6.45) is 0. The van der Waals surface area contributed by atoms with E-state index in [1.54, 1.807) is 31.2 Å². The fraction of sp³-hybridized carbons (Fsp3) is 0.222. The molecule has 3 rings (SSSR count). The maximum absolute atomic E-state index is 13.5. The van der Waals surface area contributed by atoms with Crippen molar-refractivity contribution in [1.82, 2.24) is 14.3 Å². The summed E-state index contributed by atoms with van der Waals surface area (Å²) >= 11 is 0. The minimum absolute atomic E-state index is 0.0592. The van der Waals surface area contributed by atoms with Crippen LogP contribution >= 0.6 is 0 Å². The maximum atomic E-state index is 13.5. The van der Waals surface area contributed by atoms with Crippen molar-refractivity contribution in [2.75, 3.05) is 6.54 Å². The minimum Gasteiger partial charge on any atom is -0.270 e. The third kappa shape index (κ3) is 3.82. The third-order valence-corrected chi connectivity index (χ3v) is 5.53. The Hall–Kier alpha value is -2.83. The van der Waals surface area contributed by atoms with Crippen LogP contribution in [-0.4, -0.2) is 24.5 Å². The van der Waals surface area contributed by atoms with Gasteiger partial charge in [-0.15, -0.1) is 0 Å². The van der Waals surface area contributed by atoms with E-state index < -0.39 is 22.5 Å². The standard InChI is InChI=1S/C18H16F2N4O2S/c1-12(11-22-27(25,26)14-6-4-5-13(9-14)10-21)17-23-15-7-2-3-8-16(15)24(17)18(19)20/h2-9,12,18,22H,11H2,1H3. The molecule has 1 N–H and O–H groups in total. The lowest BCUT2D eigenvalue weighted by Crippen LogP contribution is -2.29. The van der Waals surface area contributed by atoms with Gasteiger partial charge in [-0.3, -0.25) is 4.57 Å². The largest absolute Gasteiger partial charge is 0.320 e. The van der Waals surface area contributed by atoms with E-state index in [0.29, 0.717) is 11.0 Å². The predicted molar refractivity (Wildman–Crippen MR) is 95.7 cm³/mol. The van der Waals surface area contributed by atoms with Gasteiger partial charge < -0.3 is 0 Å². The van der Waals surface area contributed by atoms with E-state index in [9.17, 15) is 17.2 Å². The van der Waals surface area contributed by atoms with Gasteiger partial charge in [-0.05, 0) is 30.3 Å². The topological polar surface area (TPSA) is 87.8 Å². The zero-order valence-electron chi connectivity index (χ0n) is 14.3. The predicted octanol–water partition coefficient (Wildman–Crippen LogP) is 3.39. The molecule has 1 heterocycles. The van der Waals surface area contributed by atoms with Gasteiger partial charge in [0, 0.05) is 12.5 Å². The van der Waals surface area contributed by atoms with Crippen molar-refractivity contribution in [2.24, 2.45) is 0 Å². The van der Waals surface area contributed by atoms with Gasteiger partial charge in [-0.1, -0.05) is 25.1 Å². The van der Waals surface area contributed by atoms with Crippen LogP contribution in [0.2, 0.25) is 0 Å². The average Bonchev–Trinajstić information content (AvgIpc) is 3.06. The monoisotopic (exact) mass is 390 g/mol. The number of nitriles is 1. The van der Waals surface area contributed by atoms with Gasteiger partial charge in [0.25, 0.3) is 0 Å². The smallest absolute Gasteiger partial charge is 0.270 e. The average molecular weight is 390 g/mol. The van der Waals surface area contributed by atoms with Crippen LogP contribution in [0.4, 0.5) is 8.78 Å². The fourth-order valence-electron chi connectivity index (χ4n) is 2.76. The summed E-state index contributed by atoms with van der Waals surface area (Å²) in [7, 11) is -3.88. The van der Waals surface area contributed by atoms with Crippen molar-refractivity contribution < 1.29 is 17.2 Å². The number of para-hydroxylation sites is 2. The van der Waals surface area contributed by atoms with Crippen molar-refractivity contribution in [3.05, 3.63) is 59.9 Å². The Morgan fingerprint density at radius 3 is 2.67 bits per heavy atom. The number of aromatic nitrogens is 2. The molecular formula is C18H16F2N4O2S. The zero-order chi connectivity index (χ0) is 19.6. The lowest BCUT2D eigenvalue weighted by atomic mass is 10.2. The van der Waals surface area contributed by atoms with Crippen molar-refractivity contribution in [3.8, 4) is 6.07 Å². The summed E-state index contributed by atoms with van der Waals surface area (Å²) in [6, 6.07) is 14.0. The van der Waals surface area contributed by atoms with Crippen molar-refractivity contribution in [1.29, 1.82) is 5.26 Å². The molecule has 1 unspecified atom stereocenters. The Morgan fingerprint density at radius 1 is 1.22 bits per heavy atom. The highest BCUT2D eigenvalue weighted by Gasteiger charge is 2.23. The molecule has 0 saturated heterocycles. The molecule has 3 aromatic rings. The van der Waals surface area contributed by atoms with Gasteiger partial charge in [0.15, 0.2) is 0 Å². The zero-order valence-corrected chi connectivity index (χ0v) is 15.1. The highest BCUT2D eigenvalue weighted by atomic mass is 32.2. The second-order valence-corrected chi connectivity index (χ2v) is 7.77. The van der Waals surface area contributed by atoms with Crippen LogP contribution in [0.15, 0.2) is 53.4 Å². The SMILES string of the molecule is CC(CNS(=O)(=O)c1cccc(C#N)c1)c1nc2ccccc2n1C(F)F. The lowest BCUT2D eigenvalue weighted by molar-refractivity contribution is 0.0705. The van der Waals surface area contributed by atoms with Gasteiger partial charge in [0.05, 0.1) is 27.6 Å². The van der Waals surface area contributed by atoms with Crippen LogP contribution < -0.4 is 4.72 Å². The molecule has 0 radical (unpaired) electrons. The highest BCUT2D eigenvalue weighted by molar-refractivity contribution is 7.89. The summed E-state index contributed by atoms with van der Waals surface area (Å²) in [5.41, 5.74) is 0.925. The summed E-state index contributed by atoms with van der Waals surface area (Å²) in [6.45, 7) is -1.29. The number of nitrogens with one attached hydrogen (secondary N) is 1. The normalized spacial score (nSPS) is 13.0. The molecule has 0 aliphatic rings. The number of fused-ring (bicyclic) bond motifs is 1.